The number of methoxy groups -OCH3 is 1. The lowest BCUT2D eigenvalue weighted by molar-refractivity contribution is 0.0886. The van der Waals surface area contributed by atoms with Crippen molar-refractivity contribution >= 4 is 11.6 Å². The number of ether oxygens (including phenoxy) is 1. The molecule has 0 aromatic heterocycles. The molecular weight excluding hydrogens is 224 g/mol. The van der Waals surface area contributed by atoms with E-state index in [0.29, 0.717) is 6.61 Å². The molecule has 2 nitrogen and oxygen atoms in total. The zero-order valence-corrected chi connectivity index (χ0v) is 10.8. The maximum atomic E-state index is 10.1. The monoisotopic (exact) mass is 242 g/mol. The first-order chi connectivity index (χ1) is 7.56. The summed E-state index contributed by atoms with van der Waals surface area (Å²) in [7, 11) is 1.67. The lowest BCUT2D eigenvalue weighted by Crippen LogP contribution is -2.11. The van der Waals surface area contributed by atoms with Gasteiger partial charge >= 0.3 is 0 Å². The van der Waals surface area contributed by atoms with Gasteiger partial charge in [-0.05, 0) is 36.5 Å². The van der Waals surface area contributed by atoms with Crippen LogP contribution in [0.5, 0.6) is 0 Å². The summed E-state index contributed by atoms with van der Waals surface area (Å²) in [5, 5.41) is 10.9. The molecule has 0 spiro atoms. The first-order valence-electron chi connectivity index (χ1n) is 5.49. The van der Waals surface area contributed by atoms with Gasteiger partial charge in [-0.3, -0.25) is 0 Å². The Bertz CT molecular complexity index is 339. The Hall–Kier alpha value is -0.570. The van der Waals surface area contributed by atoms with E-state index in [1.807, 2.05) is 32.0 Å². The van der Waals surface area contributed by atoms with Gasteiger partial charge in [-0.25, -0.2) is 0 Å². The highest BCUT2D eigenvalue weighted by Crippen LogP contribution is 2.27. The minimum Gasteiger partial charge on any atom is -0.388 e. The maximum absolute atomic E-state index is 10.1. The molecular formula is C13H19ClO2. The van der Waals surface area contributed by atoms with Crippen molar-refractivity contribution in [3.63, 3.8) is 0 Å². The van der Waals surface area contributed by atoms with E-state index in [9.17, 15) is 5.11 Å². The molecule has 0 amide bonds. The maximum Gasteiger partial charge on any atom is 0.0816 e. The average molecular weight is 243 g/mol. The Morgan fingerprint density at radius 3 is 2.69 bits per heavy atom. The summed E-state index contributed by atoms with van der Waals surface area (Å²) < 4.78 is 5.01. The minimum atomic E-state index is -0.453. The van der Waals surface area contributed by atoms with Gasteiger partial charge in [0.15, 0.2) is 0 Å². The molecule has 0 saturated carbocycles. The van der Waals surface area contributed by atoms with E-state index in [1.165, 1.54) is 0 Å². The van der Waals surface area contributed by atoms with E-state index in [2.05, 4.69) is 0 Å². The lowest BCUT2D eigenvalue weighted by atomic mass is 9.94. The molecule has 0 radical (unpaired) electrons. The lowest BCUT2D eigenvalue weighted by Gasteiger charge is -2.19. The van der Waals surface area contributed by atoms with Crippen molar-refractivity contribution in [2.75, 3.05) is 13.7 Å². The highest BCUT2D eigenvalue weighted by Gasteiger charge is 2.16. The molecule has 16 heavy (non-hydrogen) atoms. The fourth-order valence-corrected chi connectivity index (χ4v) is 1.76. The van der Waals surface area contributed by atoms with E-state index < -0.39 is 6.10 Å². The van der Waals surface area contributed by atoms with Crippen LogP contribution in [0.2, 0.25) is 5.02 Å². The topological polar surface area (TPSA) is 29.5 Å². The van der Waals surface area contributed by atoms with Crippen LogP contribution in [0.25, 0.3) is 0 Å². The summed E-state index contributed by atoms with van der Waals surface area (Å²) in [6, 6.07) is 5.65. The summed E-state index contributed by atoms with van der Waals surface area (Å²) in [6.45, 7) is 4.64. The zero-order chi connectivity index (χ0) is 12.1. The third kappa shape index (κ3) is 3.48. The van der Waals surface area contributed by atoms with Crippen molar-refractivity contribution in [3.05, 3.63) is 34.3 Å². The van der Waals surface area contributed by atoms with E-state index in [0.717, 1.165) is 22.6 Å². The highest BCUT2D eigenvalue weighted by atomic mass is 35.5. The van der Waals surface area contributed by atoms with Gasteiger partial charge in [-0.1, -0.05) is 30.7 Å². The van der Waals surface area contributed by atoms with Crippen LogP contribution in [-0.2, 0) is 4.74 Å². The molecule has 2 unspecified atom stereocenters. The Morgan fingerprint density at radius 1 is 1.44 bits per heavy atom. The SMILES string of the molecule is COCCC(C)C(O)c1ccc(Cl)c(C)c1. The van der Waals surface area contributed by atoms with E-state index >= 15 is 0 Å². The van der Waals surface area contributed by atoms with Crippen molar-refractivity contribution in [1.82, 2.24) is 0 Å². The van der Waals surface area contributed by atoms with Crippen LogP contribution in [0, 0.1) is 12.8 Å². The van der Waals surface area contributed by atoms with Gasteiger partial charge in [0.05, 0.1) is 6.10 Å². The molecule has 1 N–H and O–H groups in total. The Morgan fingerprint density at radius 2 is 2.12 bits per heavy atom. The van der Waals surface area contributed by atoms with Gasteiger partial charge < -0.3 is 9.84 Å². The molecule has 3 heteroatoms. The van der Waals surface area contributed by atoms with Gasteiger partial charge in [0.1, 0.15) is 0 Å². The van der Waals surface area contributed by atoms with Crippen LogP contribution in [0.3, 0.4) is 0 Å². The van der Waals surface area contributed by atoms with Gasteiger partial charge in [-0.15, -0.1) is 0 Å². The average Bonchev–Trinajstić information content (AvgIpc) is 2.28. The second-order valence-electron chi connectivity index (χ2n) is 4.21. The smallest absolute Gasteiger partial charge is 0.0816 e. The van der Waals surface area contributed by atoms with Gasteiger partial charge in [-0.2, -0.15) is 0 Å². The Kier molecular flexibility index (Phi) is 5.26. The molecule has 0 fully saturated rings. The van der Waals surface area contributed by atoms with Crippen LogP contribution in [0.1, 0.15) is 30.6 Å². The number of benzene rings is 1. The number of hydrogen-bond donors (Lipinski definition) is 1. The normalized spacial score (nSPS) is 14.8. The van der Waals surface area contributed by atoms with Gasteiger partial charge in [0.25, 0.3) is 0 Å². The third-order valence-electron chi connectivity index (χ3n) is 2.84. The van der Waals surface area contributed by atoms with E-state index in [-0.39, 0.29) is 5.92 Å². The molecule has 0 aliphatic heterocycles. The van der Waals surface area contributed by atoms with E-state index in [4.69, 9.17) is 16.3 Å². The van der Waals surface area contributed by atoms with Crippen LogP contribution in [-0.4, -0.2) is 18.8 Å². The second-order valence-corrected chi connectivity index (χ2v) is 4.62. The molecule has 1 aromatic rings. The first-order valence-corrected chi connectivity index (χ1v) is 5.87. The van der Waals surface area contributed by atoms with Crippen molar-refractivity contribution in [1.29, 1.82) is 0 Å². The van der Waals surface area contributed by atoms with Gasteiger partial charge in [0.2, 0.25) is 0 Å². The van der Waals surface area contributed by atoms with Crippen molar-refractivity contribution in [3.8, 4) is 0 Å². The van der Waals surface area contributed by atoms with Crippen molar-refractivity contribution in [2.24, 2.45) is 5.92 Å². The zero-order valence-electron chi connectivity index (χ0n) is 10.0. The number of halogens is 1. The predicted molar refractivity (Wildman–Crippen MR) is 66.8 cm³/mol. The minimum absolute atomic E-state index is 0.181. The van der Waals surface area contributed by atoms with E-state index in [1.54, 1.807) is 7.11 Å². The summed E-state index contributed by atoms with van der Waals surface area (Å²) in [5.74, 6) is 0.181. The van der Waals surface area contributed by atoms with Crippen LogP contribution < -0.4 is 0 Å². The number of aliphatic hydroxyl groups excluding tert-OH is 1. The summed E-state index contributed by atoms with van der Waals surface area (Å²) in [4.78, 5) is 0. The molecule has 90 valence electrons. The van der Waals surface area contributed by atoms with Crippen LogP contribution >= 0.6 is 11.6 Å². The molecule has 2 atom stereocenters. The summed E-state index contributed by atoms with van der Waals surface area (Å²) in [6.07, 6.45) is 0.394. The molecule has 0 saturated heterocycles. The first kappa shape index (κ1) is 13.5. The standard InChI is InChI=1S/C13H19ClO2/c1-9(6-7-16-3)13(15)11-4-5-12(14)10(2)8-11/h4-5,8-9,13,15H,6-7H2,1-3H3. The molecule has 0 aliphatic rings. The fraction of sp³-hybridized carbons (Fsp3) is 0.538. The third-order valence-corrected chi connectivity index (χ3v) is 3.26. The van der Waals surface area contributed by atoms with Gasteiger partial charge in [0, 0.05) is 18.7 Å². The quantitative estimate of drug-likeness (QED) is 0.858. The van der Waals surface area contributed by atoms with Crippen molar-refractivity contribution < 1.29 is 9.84 Å². The molecule has 0 aliphatic carbocycles. The number of aryl methyl sites for hydroxylation is 1. The van der Waals surface area contributed by atoms with Crippen LogP contribution in [0.15, 0.2) is 18.2 Å². The molecule has 0 bridgehead atoms. The molecule has 0 heterocycles. The second kappa shape index (κ2) is 6.24. The summed E-state index contributed by atoms with van der Waals surface area (Å²) >= 11 is 5.95. The number of rotatable bonds is 5. The van der Waals surface area contributed by atoms with Crippen molar-refractivity contribution in [2.45, 2.75) is 26.4 Å². The fourth-order valence-electron chi connectivity index (χ4n) is 1.64. The Balaban J connectivity index is 2.71. The Labute approximate surface area is 102 Å². The molecule has 1 aromatic carbocycles. The molecule has 1 rings (SSSR count). The largest absolute Gasteiger partial charge is 0.388 e. The predicted octanol–water partition coefficient (Wildman–Crippen LogP) is 3.35. The van der Waals surface area contributed by atoms with Crippen LogP contribution in [0.4, 0.5) is 0 Å². The highest BCUT2D eigenvalue weighted by molar-refractivity contribution is 6.31. The number of hydrogen-bond acceptors (Lipinski definition) is 2. The number of aliphatic hydroxyl groups is 1. The summed E-state index contributed by atoms with van der Waals surface area (Å²) in [5.41, 5.74) is 1.92.